The highest BCUT2D eigenvalue weighted by molar-refractivity contribution is 5.91. The second kappa shape index (κ2) is 7.72. The summed E-state index contributed by atoms with van der Waals surface area (Å²) in [6, 6.07) is 0. The molecule has 3 fully saturated rings. The van der Waals surface area contributed by atoms with Crippen molar-refractivity contribution in [1.82, 2.24) is 0 Å². The molecule has 0 aliphatic heterocycles. The molecule has 0 aromatic rings. The molecule has 7 atom stereocenters. The Bertz CT molecular complexity index is 817. The molecule has 0 saturated heterocycles. The molecule has 31 heavy (non-hydrogen) atoms. The van der Waals surface area contributed by atoms with E-state index < -0.39 is 29.1 Å². The quantitative estimate of drug-likeness (QED) is 0.681. The van der Waals surface area contributed by atoms with Gasteiger partial charge < -0.3 is 14.6 Å². The van der Waals surface area contributed by atoms with Gasteiger partial charge in [0.25, 0.3) is 0 Å². The van der Waals surface area contributed by atoms with Crippen molar-refractivity contribution >= 4 is 17.7 Å². The number of esters is 2. The van der Waals surface area contributed by atoms with Crippen LogP contribution >= 0.6 is 0 Å². The number of carbonyl (C=O) groups is 3. The van der Waals surface area contributed by atoms with E-state index in [1.54, 1.807) is 0 Å². The topological polar surface area (TPSA) is 89.9 Å². The molecule has 0 heterocycles. The number of ether oxygens (including phenoxy) is 2. The summed E-state index contributed by atoms with van der Waals surface area (Å²) < 4.78 is 10.7. The highest BCUT2D eigenvalue weighted by Gasteiger charge is 2.66. The van der Waals surface area contributed by atoms with Crippen LogP contribution in [0.25, 0.3) is 0 Å². The first-order valence-corrected chi connectivity index (χ1v) is 11.8. The number of ketones is 1. The van der Waals surface area contributed by atoms with E-state index in [2.05, 4.69) is 13.8 Å². The first-order chi connectivity index (χ1) is 14.5. The molecule has 4 aliphatic rings. The highest BCUT2D eigenvalue weighted by Crippen LogP contribution is 2.68. The number of rotatable bonds is 4. The van der Waals surface area contributed by atoms with Crippen LogP contribution < -0.4 is 0 Å². The Kier molecular flexibility index (Phi) is 5.60. The Hall–Kier alpha value is -1.69. The lowest BCUT2D eigenvalue weighted by atomic mass is 9.46. The molecule has 4 aliphatic carbocycles. The minimum absolute atomic E-state index is 0.0753. The molecule has 4 unspecified atom stereocenters. The van der Waals surface area contributed by atoms with Gasteiger partial charge in [0, 0.05) is 25.7 Å². The summed E-state index contributed by atoms with van der Waals surface area (Å²) >= 11 is 0. The van der Waals surface area contributed by atoms with E-state index >= 15 is 0 Å². The summed E-state index contributed by atoms with van der Waals surface area (Å²) in [4.78, 5) is 35.3. The van der Waals surface area contributed by atoms with Gasteiger partial charge in [0.05, 0.1) is 0 Å². The van der Waals surface area contributed by atoms with Crippen molar-refractivity contribution in [2.24, 2.45) is 28.6 Å². The van der Waals surface area contributed by atoms with Crippen LogP contribution in [0.2, 0.25) is 0 Å². The second-order valence-electron chi connectivity index (χ2n) is 10.8. The summed E-state index contributed by atoms with van der Waals surface area (Å²) in [5.41, 5.74) is -0.222. The van der Waals surface area contributed by atoms with E-state index in [1.165, 1.54) is 19.4 Å². The first kappa shape index (κ1) is 22.5. The molecular formula is C25H36O6. The average Bonchev–Trinajstić information content (AvgIpc) is 2.97. The van der Waals surface area contributed by atoms with Crippen molar-refractivity contribution in [3.63, 3.8) is 0 Å². The molecular weight excluding hydrogens is 396 g/mol. The van der Waals surface area contributed by atoms with Crippen LogP contribution in [0.3, 0.4) is 0 Å². The minimum atomic E-state index is -1.22. The maximum atomic E-state index is 12.0. The number of carbonyl (C=O) groups excluding carboxylic acids is 3. The van der Waals surface area contributed by atoms with Gasteiger partial charge in [-0.15, -0.1) is 0 Å². The molecule has 3 saturated carbocycles. The maximum absolute atomic E-state index is 12.0. The molecule has 0 radical (unpaired) electrons. The third-order valence-electron chi connectivity index (χ3n) is 9.46. The smallest absolute Gasteiger partial charge is 0.303 e. The van der Waals surface area contributed by atoms with Crippen molar-refractivity contribution in [1.29, 1.82) is 0 Å². The van der Waals surface area contributed by atoms with Gasteiger partial charge in [0.15, 0.2) is 11.9 Å². The third-order valence-corrected chi connectivity index (χ3v) is 9.46. The zero-order valence-electron chi connectivity index (χ0n) is 19.2. The maximum Gasteiger partial charge on any atom is 0.303 e. The Morgan fingerprint density at radius 1 is 1.06 bits per heavy atom. The predicted molar refractivity (Wildman–Crippen MR) is 114 cm³/mol. The second-order valence-corrected chi connectivity index (χ2v) is 10.8. The summed E-state index contributed by atoms with van der Waals surface area (Å²) in [7, 11) is 0. The Morgan fingerprint density at radius 3 is 2.45 bits per heavy atom. The summed E-state index contributed by atoms with van der Waals surface area (Å²) in [5.74, 6) is 0.657. The zero-order chi connectivity index (χ0) is 22.6. The van der Waals surface area contributed by atoms with Gasteiger partial charge in [-0.2, -0.15) is 0 Å². The normalized spacial score (nSPS) is 42.5. The lowest BCUT2D eigenvalue weighted by molar-refractivity contribution is -0.207. The predicted octanol–water partition coefficient (Wildman–Crippen LogP) is 3.74. The third kappa shape index (κ3) is 3.46. The van der Waals surface area contributed by atoms with Crippen LogP contribution in [-0.2, 0) is 23.9 Å². The van der Waals surface area contributed by atoms with E-state index in [4.69, 9.17) is 9.47 Å². The number of hydrogen-bond acceptors (Lipinski definition) is 6. The lowest BCUT2D eigenvalue weighted by Crippen LogP contribution is -2.60. The molecule has 0 bridgehead atoms. The fraction of sp³-hybridized carbons (Fsp3) is 0.800. The molecule has 0 spiro atoms. The van der Waals surface area contributed by atoms with Crippen LogP contribution in [0.5, 0.6) is 0 Å². The van der Waals surface area contributed by atoms with Crippen LogP contribution in [0.4, 0.5) is 0 Å². The highest BCUT2D eigenvalue weighted by atomic mass is 16.6. The molecule has 4 rings (SSSR count). The Labute approximate surface area is 184 Å². The zero-order valence-corrected chi connectivity index (χ0v) is 19.2. The molecule has 0 amide bonds. The Balaban J connectivity index is 1.63. The Morgan fingerprint density at radius 2 is 1.77 bits per heavy atom. The summed E-state index contributed by atoms with van der Waals surface area (Å²) in [6.45, 7) is 7.02. The molecule has 172 valence electrons. The van der Waals surface area contributed by atoms with Gasteiger partial charge >= 0.3 is 11.9 Å². The van der Waals surface area contributed by atoms with E-state index in [0.717, 1.165) is 38.5 Å². The van der Waals surface area contributed by atoms with Gasteiger partial charge in [0.2, 0.25) is 0 Å². The molecule has 6 nitrogen and oxygen atoms in total. The van der Waals surface area contributed by atoms with E-state index in [1.807, 2.05) is 6.08 Å². The molecule has 6 heteroatoms. The van der Waals surface area contributed by atoms with Crippen LogP contribution in [0.1, 0.15) is 79.1 Å². The largest absolute Gasteiger partial charge is 0.462 e. The fourth-order valence-electron chi connectivity index (χ4n) is 7.80. The monoisotopic (exact) mass is 432 g/mol. The molecule has 1 N–H and O–H groups in total. The van der Waals surface area contributed by atoms with Gasteiger partial charge in [-0.1, -0.05) is 19.4 Å². The van der Waals surface area contributed by atoms with Crippen LogP contribution in [0.15, 0.2) is 11.6 Å². The summed E-state index contributed by atoms with van der Waals surface area (Å²) in [5, 5.41) is 12.0. The average molecular weight is 433 g/mol. The van der Waals surface area contributed by atoms with Gasteiger partial charge in [-0.3, -0.25) is 14.4 Å². The van der Waals surface area contributed by atoms with Gasteiger partial charge in [0.1, 0.15) is 12.2 Å². The summed E-state index contributed by atoms with van der Waals surface area (Å²) in [6.07, 6.45) is 7.84. The minimum Gasteiger partial charge on any atom is -0.462 e. The number of fused-ring (bicyclic) bond motifs is 5. The van der Waals surface area contributed by atoms with Crippen LogP contribution in [-0.4, -0.2) is 41.1 Å². The van der Waals surface area contributed by atoms with E-state index in [-0.39, 0.29) is 17.8 Å². The molecule has 0 aromatic heterocycles. The number of allylic oxidation sites excluding steroid dienone is 1. The van der Waals surface area contributed by atoms with Crippen molar-refractivity contribution < 1.29 is 29.0 Å². The SMILES string of the molecule is CC(=O)OCC(OC(C)=O)[C@@]1(O)CCC2C3CCC4=CC(=O)CC[C@@]4(C)C3CC[C@@]21C. The van der Waals surface area contributed by atoms with Gasteiger partial charge in [-0.25, -0.2) is 0 Å². The van der Waals surface area contributed by atoms with Crippen molar-refractivity contribution in [2.45, 2.75) is 90.8 Å². The molecule has 0 aromatic carbocycles. The van der Waals surface area contributed by atoms with Crippen molar-refractivity contribution in [3.05, 3.63) is 11.6 Å². The fourth-order valence-corrected chi connectivity index (χ4v) is 7.80. The van der Waals surface area contributed by atoms with Crippen molar-refractivity contribution in [3.8, 4) is 0 Å². The van der Waals surface area contributed by atoms with E-state index in [9.17, 15) is 19.5 Å². The van der Waals surface area contributed by atoms with E-state index in [0.29, 0.717) is 30.6 Å². The number of hydrogen-bond donors (Lipinski definition) is 1. The number of aliphatic hydroxyl groups is 1. The standard InChI is InChI=1S/C25H36O6/c1-15(26)30-14-22(31-16(2)27)25(29)12-9-21-19-6-5-17-13-18(28)7-10-23(17,3)20(19)8-11-24(21,25)4/h13,19-22,29H,5-12,14H2,1-4H3/t19?,20?,21?,22?,23-,24+,25+/m1/s1. The lowest BCUT2D eigenvalue weighted by Gasteiger charge is -2.59. The van der Waals surface area contributed by atoms with Crippen molar-refractivity contribution in [2.75, 3.05) is 6.61 Å². The first-order valence-electron chi connectivity index (χ1n) is 11.8. The van der Waals surface area contributed by atoms with Crippen LogP contribution in [0, 0.1) is 28.6 Å². The van der Waals surface area contributed by atoms with Gasteiger partial charge in [-0.05, 0) is 74.2 Å².